The van der Waals surface area contributed by atoms with E-state index >= 15 is 0 Å². The molecule has 6 nitrogen and oxygen atoms in total. The highest BCUT2D eigenvalue weighted by Crippen LogP contribution is 2.38. The summed E-state index contributed by atoms with van der Waals surface area (Å²) in [7, 11) is -3.42. The second kappa shape index (κ2) is 9.68. The lowest BCUT2D eigenvalue weighted by atomic mass is 10.00. The number of hydrogen-bond donors (Lipinski definition) is 2. The number of fused-ring (bicyclic) bond motifs is 1. The van der Waals surface area contributed by atoms with Crippen molar-refractivity contribution in [1.29, 1.82) is 0 Å². The Morgan fingerprint density at radius 2 is 1.66 bits per heavy atom. The number of amides is 1. The Balaban J connectivity index is 1.52. The number of piperidine rings is 1. The molecule has 5 rings (SSSR count). The summed E-state index contributed by atoms with van der Waals surface area (Å²) in [6, 6.07) is 22.7. The van der Waals surface area contributed by atoms with Crippen molar-refractivity contribution in [2.75, 3.05) is 30.0 Å². The van der Waals surface area contributed by atoms with E-state index in [0.29, 0.717) is 22.5 Å². The zero-order chi connectivity index (χ0) is 24.4. The van der Waals surface area contributed by atoms with Gasteiger partial charge in [0.25, 0.3) is 5.91 Å². The van der Waals surface area contributed by atoms with Crippen molar-refractivity contribution in [1.82, 2.24) is 4.90 Å². The summed E-state index contributed by atoms with van der Waals surface area (Å²) in [4.78, 5) is 15.8. The van der Waals surface area contributed by atoms with Gasteiger partial charge < -0.3 is 10.6 Å². The second-order valence-corrected chi connectivity index (χ2v) is 11.2. The van der Waals surface area contributed by atoms with E-state index in [-0.39, 0.29) is 10.8 Å². The van der Waals surface area contributed by atoms with Gasteiger partial charge in [0.05, 0.1) is 16.2 Å². The molecule has 1 fully saturated rings. The van der Waals surface area contributed by atoms with E-state index in [9.17, 15) is 13.2 Å². The average Bonchev–Trinajstić information content (AvgIpc) is 3.19. The maximum atomic E-state index is 13.1. The molecule has 7 heteroatoms. The van der Waals surface area contributed by atoms with E-state index in [4.69, 9.17) is 0 Å². The highest BCUT2D eigenvalue weighted by molar-refractivity contribution is 7.90. The van der Waals surface area contributed by atoms with Crippen molar-refractivity contribution in [3.8, 4) is 0 Å². The average molecular weight is 488 g/mol. The number of nitrogens with zero attached hydrogens (tertiary/aromatic N) is 1. The van der Waals surface area contributed by atoms with Crippen LogP contribution >= 0.6 is 0 Å². The van der Waals surface area contributed by atoms with E-state index < -0.39 is 9.84 Å². The summed E-state index contributed by atoms with van der Waals surface area (Å²) < 4.78 is 24.4. The fourth-order valence-corrected chi connectivity index (χ4v) is 5.37. The molecular weight excluding hydrogens is 458 g/mol. The third kappa shape index (κ3) is 5.16. The maximum absolute atomic E-state index is 13.1. The first kappa shape index (κ1) is 23.3. The standard InChI is InChI=1S/C28H29N3O3S/c1-35(33,34)23-14-15-25-24(18-23)26(28(32)30-25)27(21-8-4-2-5-9-21)29-22-12-10-20(11-13-22)19-31-16-6-3-7-17-31/h2,4-5,8-15,18,29H,3,6-7,16-17,19H2,1H3,(H,30,32)/b27-26-. The molecule has 3 aromatic carbocycles. The Hall–Kier alpha value is -3.42. The molecule has 2 aliphatic rings. The number of rotatable bonds is 6. The van der Waals surface area contributed by atoms with E-state index in [2.05, 4.69) is 27.7 Å². The molecule has 0 atom stereocenters. The number of carbonyl (C=O) groups excluding carboxylic acids is 1. The molecular formula is C28H29N3O3S. The van der Waals surface area contributed by atoms with Crippen molar-refractivity contribution in [3.05, 3.63) is 89.5 Å². The van der Waals surface area contributed by atoms with Crippen LogP contribution in [0.3, 0.4) is 0 Å². The second-order valence-electron chi connectivity index (χ2n) is 9.21. The quantitative estimate of drug-likeness (QED) is 0.478. The lowest BCUT2D eigenvalue weighted by molar-refractivity contribution is -0.110. The van der Waals surface area contributed by atoms with Gasteiger partial charge in [-0.3, -0.25) is 9.69 Å². The number of sulfone groups is 1. The fraction of sp³-hybridized carbons (Fsp3) is 0.250. The van der Waals surface area contributed by atoms with Crippen LogP contribution in [0, 0.1) is 0 Å². The van der Waals surface area contributed by atoms with Crippen LogP contribution in [0.15, 0.2) is 77.7 Å². The number of carbonyl (C=O) groups is 1. The Morgan fingerprint density at radius 1 is 0.943 bits per heavy atom. The Labute approximate surface area is 206 Å². The van der Waals surface area contributed by atoms with Crippen molar-refractivity contribution in [2.45, 2.75) is 30.7 Å². The summed E-state index contributed by atoms with van der Waals surface area (Å²) >= 11 is 0. The van der Waals surface area contributed by atoms with Crippen LogP contribution in [0.4, 0.5) is 11.4 Å². The fourth-order valence-electron chi connectivity index (χ4n) is 4.72. The molecule has 35 heavy (non-hydrogen) atoms. The van der Waals surface area contributed by atoms with Gasteiger partial charge in [0, 0.05) is 29.7 Å². The molecule has 180 valence electrons. The van der Waals surface area contributed by atoms with Crippen molar-refractivity contribution in [3.63, 3.8) is 0 Å². The molecule has 0 saturated carbocycles. The van der Waals surface area contributed by atoms with Crippen LogP contribution in [0.5, 0.6) is 0 Å². The molecule has 0 unspecified atom stereocenters. The van der Waals surface area contributed by atoms with Gasteiger partial charge in [-0.2, -0.15) is 0 Å². The third-order valence-corrected chi connectivity index (χ3v) is 7.66. The zero-order valence-electron chi connectivity index (χ0n) is 19.8. The van der Waals surface area contributed by atoms with Crippen LogP contribution in [0.1, 0.15) is 36.0 Å². The van der Waals surface area contributed by atoms with Gasteiger partial charge in [-0.15, -0.1) is 0 Å². The molecule has 1 amide bonds. The van der Waals surface area contributed by atoms with E-state index in [0.717, 1.165) is 30.9 Å². The minimum atomic E-state index is -3.42. The third-order valence-electron chi connectivity index (χ3n) is 6.55. The van der Waals surface area contributed by atoms with Crippen LogP contribution in [-0.4, -0.2) is 38.6 Å². The predicted octanol–water partition coefficient (Wildman–Crippen LogP) is 5.01. The van der Waals surface area contributed by atoms with Gasteiger partial charge in [-0.1, -0.05) is 48.9 Å². The molecule has 0 aromatic heterocycles. The molecule has 0 radical (unpaired) electrons. The van der Waals surface area contributed by atoms with Crippen molar-refractivity contribution >= 4 is 38.4 Å². The summed E-state index contributed by atoms with van der Waals surface area (Å²) in [6.45, 7) is 3.24. The van der Waals surface area contributed by atoms with Gasteiger partial charge in [-0.05, 0) is 67.4 Å². The summed E-state index contributed by atoms with van der Waals surface area (Å²) in [5, 5.41) is 6.33. The Bertz CT molecular complexity index is 1370. The minimum Gasteiger partial charge on any atom is -0.354 e. The molecule has 3 aromatic rings. The van der Waals surface area contributed by atoms with Gasteiger partial charge in [0.1, 0.15) is 0 Å². The van der Waals surface area contributed by atoms with Gasteiger partial charge in [0.15, 0.2) is 9.84 Å². The van der Waals surface area contributed by atoms with E-state index in [1.165, 1.54) is 37.1 Å². The smallest absolute Gasteiger partial charge is 0.258 e. The van der Waals surface area contributed by atoms with Crippen molar-refractivity contribution < 1.29 is 13.2 Å². The Kier molecular flexibility index (Phi) is 6.45. The van der Waals surface area contributed by atoms with E-state index in [1.54, 1.807) is 12.1 Å². The zero-order valence-corrected chi connectivity index (χ0v) is 20.6. The molecule has 2 heterocycles. The van der Waals surface area contributed by atoms with Crippen LogP contribution in [0.2, 0.25) is 0 Å². The first-order valence-corrected chi connectivity index (χ1v) is 13.8. The molecule has 0 bridgehead atoms. The van der Waals surface area contributed by atoms with Crippen molar-refractivity contribution in [2.24, 2.45) is 0 Å². The van der Waals surface area contributed by atoms with Gasteiger partial charge >= 0.3 is 0 Å². The lowest BCUT2D eigenvalue weighted by Gasteiger charge is -2.26. The summed E-state index contributed by atoms with van der Waals surface area (Å²) in [5.74, 6) is -0.265. The number of benzene rings is 3. The summed E-state index contributed by atoms with van der Waals surface area (Å²) in [6.07, 6.45) is 5.01. The molecule has 0 spiro atoms. The number of nitrogens with one attached hydrogen (secondary N) is 2. The topological polar surface area (TPSA) is 78.5 Å². The predicted molar refractivity (Wildman–Crippen MR) is 141 cm³/mol. The van der Waals surface area contributed by atoms with Crippen LogP contribution in [-0.2, 0) is 21.2 Å². The lowest BCUT2D eigenvalue weighted by Crippen LogP contribution is -2.29. The largest absolute Gasteiger partial charge is 0.354 e. The molecule has 1 saturated heterocycles. The number of likely N-dealkylation sites (tertiary alicyclic amines) is 1. The SMILES string of the molecule is CS(=O)(=O)c1ccc2c(c1)/C(=C(/Nc1ccc(CN3CCCCC3)cc1)c1ccccc1)C(=O)N2. The van der Waals surface area contributed by atoms with E-state index in [1.807, 2.05) is 42.5 Å². The molecule has 0 aliphatic carbocycles. The highest BCUT2D eigenvalue weighted by atomic mass is 32.2. The monoisotopic (exact) mass is 487 g/mol. The number of anilines is 2. The maximum Gasteiger partial charge on any atom is 0.258 e. The first-order chi connectivity index (χ1) is 16.9. The molecule has 2 N–H and O–H groups in total. The normalized spacial score (nSPS) is 17.6. The first-order valence-electron chi connectivity index (χ1n) is 11.9. The summed E-state index contributed by atoms with van der Waals surface area (Å²) in [5.41, 5.74) is 5.20. The van der Waals surface area contributed by atoms with Crippen LogP contribution < -0.4 is 10.6 Å². The minimum absolute atomic E-state index is 0.180. The van der Waals surface area contributed by atoms with Gasteiger partial charge in [-0.25, -0.2) is 8.42 Å². The van der Waals surface area contributed by atoms with Gasteiger partial charge in [0.2, 0.25) is 0 Å². The number of hydrogen-bond acceptors (Lipinski definition) is 5. The van der Waals surface area contributed by atoms with Crippen LogP contribution in [0.25, 0.3) is 11.3 Å². The highest BCUT2D eigenvalue weighted by Gasteiger charge is 2.29. The Morgan fingerprint density at radius 3 is 2.34 bits per heavy atom. The molecule has 2 aliphatic heterocycles.